The summed E-state index contributed by atoms with van der Waals surface area (Å²) in [6, 6.07) is 13.9. The molecule has 2 aromatic carbocycles. The second-order valence-corrected chi connectivity index (χ2v) is 7.63. The maximum atomic E-state index is 12.5. The summed E-state index contributed by atoms with van der Waals surface area (Å²) in [5.41, 5.74) is 1.45. The highest BCUT2D eigenvalue weighted by Crippen LogP contribution is 2.16. The minimum absolute atomic E-state index is 0.0651. The summed E-state index contributed by atoms with van der Waals surface area (Å²) in [6.45, 7) is 1.21. The molecule has 0 spiro atoms. The van der Waals surface area contributed by atoms with Crippen LogP contribution in [0, 0.1) is 0 Å². The molecule has 1 atom stereocenters. The van der Waals surface area contributed by atoms with E-state index >= 15 is 0 Å². The molecule has 2 amide bonds. The van der Waals surface area contributed by atoms with Crippen LogP contribution >= 0.6 is 28.1 Å². The summed E-state index contributed by atoms with van der Waals surface area (Å²) in [4.78, 5) is 24.8. The number of anilines is 1. The van der Waals surface area contributed by atoms with E-state index in [2.05, 4.69) is 31.9 Å². The van der Waals surface area contributed by atoms with Gasteiger partial charge in [-0.1, -0.05) is 28.1 Å². The second kappa shape index (κ2) is 9.77. The Morgan fingerprint density at radius 2 is 1.86 bits per heavy atom. The predicted molar refractivity (Wildman–Crippen MR) is 116 cm³/mol. The lowest BCUT2D eigenvalue weighted by Gasteiger charge is -2.15. The highest BCUT2D eigenvalue weighted by Gasteiger charge is 2.18. The Morgan fingerprint density at radius 1 is 1.11 bits per heavy atom. The number of rotatable bonds is 5. The molecule has 0 radical (unpaired) electrons. The molecule has 1 fully saturated rings. The van der Waals surface area contributed by atoms with Crippen LogP contribution in [-0.2, 0) is 4.74 Å². The van der Waals surface area contributed by atoms with Gasteiger partial charge >= 0.3 is 0 Å². The summed E-state index contributed by atoms with van der Waals surface area (Å²) >= 11 is 8.56. The van der Waals surface area contributed by atoms with Crippen LogP contribution in [0.25, 0.3) is 0 Å². The fraction of sp³-hybridized carbons (Fsp3) is 0.250. The summed E-state index contributed by atoms with van der Waals surface area (Å²) in [7, 11) is 0. The molecule has 0 aliphatic carbocycles. The van der Waals surface area contributed by atoms with E-state index in [1.54, 1.807) is 48.5 Å². The zero-order valence-corrected chi connectivity index (χ0v) is 17.4. The fourth-order valence-corrected chi connectivity index (χ4v) is 3.29. The first kappa shape index (κ1) is 20.4. The van der Waals surface area contributed by atoms with Gasteiger partial charge in [0, 0.05) is 23.2 Å². The van der Waals surface area contributed by atoms with Gasteiger partial charge in [-0.2, -0.15) is 0 Å². The van der Waals surface area contributed by atoms with Gasteiger partial charge in [-0.25, -0.2) is 0 Å². The zero-order chi connectivity index (χ0) is 19.9. The van der Waals surface area contributed by atoms with Crippen molar-refractivity contribution in [2.24, 2.45) is 0 Å². The molecule has 1 heterocycles. The van der Waals surface area contributed by atoms with Crippen molar-refractivity contribution in [3.63, 3.8) is 0 Å². The summed E-state index contributed by atoms with van der Waals surface area (Å²) in [5, 5.41) is 8.56. The van der Waals surface area contributed by atoms with Gasteiger partial charge in [-0.15, -0.1) is 0 Å². The quantitative estimate of drug-likeness (QED) is 0.593. The average molecular weight is 462 g/mol. The van der Waals surface area contributed by atoms with Crippen LogP contribution in [0.15, 0.2) is 53.0 Å². The number of ether oxygens (including phenoxy) is 1. The Kier molecular flexibility index (Phi) is 7.13. The third-order valence-electron chi connectivity index (χ3n) is 4.27. The van der Waals surface area contributed by atoms with E-state index in [0.717, 1.165) is 23.9 Å². The van der Waals surface area contributed by atoms with Gasteiger partial charge in [-0.3, -0.25) is 14.9 Å². The second-order valence-electron chi connectivity index (χ2n) is 6.31. The Morgan fingerprint density at radius 3 is 2.57 bits per heavy atom. The SMILES string of the molecule is O=C(NC(=S)Nc1ccccc1C(=O)NCC1CCCO1)c1ccc(Br)cc1. The number of halogens is 1. The van der Waals surface area contributed by atoms with Crippen LogP contribution in [-0.4, -0.2) is 36.2 Å². The van der Waals surface area contributed by atoms with Gasteiger partial charge in [0.2, 0.25) is 0 Å². The maximum Gasteiger partial charge on any atom is 0.257 e. The third-order valence-corrected chi connectivity index (χ3v) is 5.00. The first-order valence-corrected chi connectivity index (χ1v) is 10.1. The normalized spacial score (nSPS) is 15.7. The number of thiocarbonyl (C=S) groups is 1. The monoisotopic (exact) mass is 461 g/mol. The number of benzene rings is 2. The highest BCUT2D eigenvalue weighted by atomic mass is 79.9. The highest BCUT2D eigenvalue weighted by molar-refractivity contribution is 9.10. The predicted octanol–water partition coefficient (Wildman–Crippen LogP) is 3.48. The molecular weight excluding hydrogens is 442 g/mol. The van der Waals surface area contributed by atoms with E-state index in [-0.39, 0.29) is 23.0 Å². The number of carbonyl (C=O) groups excluding carboxylic acids is 2. The van der Waals surface area contributed by atoms with Crippen LogP contribution in [0.1, 0.15) is 33.6 Å². The van der Waals surface area contributed by atoms with Crippen molar-refractivity contribution in [1.82, 2.24) is 10.6 Å². The number of carbonyl (C=O) groups is 2. The van der Waals surface area contributed by atoms with Gasteiger partial charge in [-0.05, 0) is 61.5 Å². The average Bonchev–Trinajstić information content (AvgIpc) is 3.20. The number of nitrogens with one attached hydrogen (secondary N) is 3. The Bertz CT molecular complexity index is 867. The molecule has 1 aliphatic heterocycles. The van der Waals surface area contributed by atoms with Gasteiger partial charge in [0.15, 0.2) is 5.11 Å². The van der Waals surface area contributed by atoms with Crippen LogP contribution in [0.2, 0.25) is 0 Å². The minimum Gasteiger partial charge on any atom is -0.376 e. The molecule has 0 bridgehead atoms. The molecule has 8 heteroatoms. The minimum atomic E-state index is -0.328. The molecule has 28 heavy (non-hydrogen) atoms. The Hall–Kier alpha value is -2.29. The molecule has 1 unspecified atom stereocenters. The molecular formula is C20H20BrN3O3S. The van der Waals surface area contributed by atoms with Crippen molar-refractivity contribution >= 4 is 50.8 Å². The van der Waals surface area contributed by atoms with Crippen LogP contribution in [0.5, 0.6) is 0 Å². The standard InChI is InChI=1S/C20H20BrN3O3S/c21-14-9-7-13(8-10-14)18(25)24-20(28)23-17-6-2-1-5-16(17)19(26)22-12-15-4-3-11-27-15/h1-2,5-10,15H,3-4,11-12H2,(H,22,26)(H2,23,24,25,28). The van der Waals surface area contributed by atoms with Gasteiger partial charge in [0.25, 0.3) is 11.8 Å². The number of para-hydroxylation sites is 1. The van der Waals surface area contributed by atoms with Gasteiger partial charge in [0.1, 0.15) is 0 Å². The van der Waals surface area contributed by atoms with E-state index in [9.17, 15) is 9.59 Å². The van der Waals surface area contributed by atoms with Gasteiger partial charge in [0.05, 0.1) is 17.4 Å². The van der Waals surface area contributed by atoms with E-state index in [0.29, 0.717) is 23.4 Å². The van der Waals surface area contributed by atoms with Crippen molar-refractivity contribution in [2.75, 3.05) is 18.5 Å². The van der Waals surface area contributed by atoms with Gasteiger partial charge < -0.3 is 15.4 Å². The van der Waals surface area contributed by atoms with E-state index < -0.39 is 0 Å². The first-order valence-electron chi connectivity index (χ1n) is 8.89. The smallest absolute Gasteiger partial charge is 0.257 e. The fourth-order valence-electron chi connectivity index (χ4n) is 2.83. The molecule has 0 aromatic heterocycles. The number of hydrogen-bond acceptors (Lipinski definition) is 4. The van der Waals surface area contributed by atoms with E-state index in [1.807, 2.05) is 0 Å². The molecule has 6 nitrogen and oxygen atoms in total. The Labute approximate surface area is 177 Å². The summed E-state index contributed by atoms with van der Waals surface area (Å²) < 4.78 is 6.41. The molecule has 1 saturated heterocycles. The van der Waals surface area contributed by atoms with Crippen LogP contribution in [0.4, 0.5) is 5.69 Å². The number of hydrogen-bond donors (Lipinski definition) is 3. The molecule has 3 N–H and O–H groups in total. The lowest BCUT2D eigenvalue weighted by molar-refractivity contribution is 0.0858. The Balaban J connectivity index is 1.60. The molecule has 1 aliphatic rings. The molecule has 0 saturated carbocycles. The van der Waals surface area contributed by atoms with Crippen molar-refractivity contribution in [2.45, 2.75) is 18.9 Å². The van der Waals surface area contributed by atoms with Crippen molar-refractivity contribution in [1.29, 1.82) is 0 Å². The van der Waals surface area contributed by atoms with Crippen molar-refractivity contribution in [3.05, 3.63) is 64.1 Å². The zero-order valence-electron chi connectivity index (χ0n) is 15.0. The summed E-state index contributed by atoms with van der Waals surface area (Å²) in [6.07, 6.45) is 2.03. The summed E-state index contributed by atoms with van der Waals surface area (Å²) in [5.74, 6) is -0.550. The van der Waals surface area contributed by atoms with Crippen LogP contribution in [0.3, 0.4) is 0 Å². The number of amides is 2. The van der Waals surface area contributed by atoms with Crippen LogP contribution < -0.4 is 16.0 Å². The van der Waals surface area contributed by atoms with E-state index in [4.69, 9.17) is 17.0 Å². The lowest BCUT2D eigenvalue weighted by atomic mass is 10.1. The topological polar surface area (TPSA) is 79.5 Å². The molecule has 2 aromatic rings. The molecule has 146 valence electrons. The molecule has 3 rings (SSSR count). The third kappa shape index (κ3) is 5.60. The lowest BCUT2D eigenvalue weighted by Crippen LogP contribution is -2.35. The van der Waals surface area contributed by atoms with E-state index in [1.165, 1.54) is 0 Å². The largest absolute Gasteiger partial charge is 0.376 e. The van der Waals surface area contributed by atoms with Crippen molar-refractivity contribution in [3.8, 4) is 0 Å². The maximum absolute atomic E-state index is 12.5. The first-order chi connectivity index (χ1) is 13.5. The van der Waals surface area contributed by atoms with Crippen molar-refractivity contribution < 1.29 is 14.3 Å².